The smallest absolute Gasteiger partial charge is 0.224 e. The summed E-state index contributed by atoms with van der Waals surface area (Å²) in [7, 11) is 0. The molecular weight excluding hydrogens is 166 g/mol. The molecule has 1 amide bonds. The highest BCUT2D eigenvalue weighted by molar-refractivity contribution is 5.79. The summed E-state index contributed by atoms with van der Waals surface area (Å²) in [4.78, 5) is 11.3. The van der Waals surface area contributed by atoms with E-state index in [9.17, 15) is 4.79 Å². The van der Waals surface area contributed by atoms with Crippen molar-refractivity contribution in [2.75, 3.05) is 6.61 Å². The van der Waals surface area contributed by atoms with Crippen molar-refractivity contribution in [2.24, 2.45) is 0 Å². The molecule has 0 unspecified atom stereocenters. The lowest BCUT2D eigenvalue weighted by Gasteiger charge is -2.07. The summed E-state index contributed by atoms with van der Waals surface area (Å²) in [6.45, 7) is 0.586. The summed E-state index contributed by atoms with van der Waals surface area (Å²) in [6, 6.07) is 0.455. The highest BCUT2D eigenvalue weighted by Gasteiger charge is 2.23. The van der Waals surface area contributed by atoms with E-state index in [0.717, 1.165) is 18.4 Å². The van der Waals surface area contributed by atoms with Gasteiger partial charge in [0.2, 0.25) is 5.91 Å². The van der Waals surface area contributed by atoms with Crippen molar-refractivity contribution in [3.05, 3.63) is 24.0 Å². The van der Waals surface area contributed by atoms with Crippen LogP contribution >= 0.6 is 0 Å². The number of allylic oxidation sites excluding steroid dienone is 1. The van der Waals surface area contributed by atoms with Gasteiger partial charge in [-0.2, -0.15) is 0 Å². The van der Waals surface area contributed by atoms with Crippen molar-refractivity contribution in [1.82, 2.24) is 5.32 Å². The van der Waals surface area contributed by atoms with Gasteiger partial charge in [-0.05, 0) is 30.6 Å². The zero-order chi connectivity index (χ0) is 9.10. The zero-order valence-corrected chi connectivity index (χ0v) is 7.45. The van der Waals surface area contributed by atoms with Crippen molar-refractivity contribution < 1.29 is 9.53 Å². The summed E-state index contributed by atoms with van der Waals surface area (Å²) in [6.07, 6.45) is 8.19. The molecule has 1 N–H and O–H groups in total. The molecule has 0 aromatic rings. The molecule has 1 aliphatic carbocycles. The Morgan fingerprint density at radius 3 is 3.08 bits per heavy atom. The predicted octanol–water partition coefficient (Wildman–Crippen LogP) is 1.13. The average Bonchev–Trinajstić information content (AvgIpc) is 2.90. The van der Waals surface area contributed by atoms with Gasteiger partial charge in [0.05, 0.1) is 12.7 Å². The number of hydrogen-bond acceptors (Lipinski definition) is 2. The van der Waals surface area contributed by atoms with Crippen LogP contribution in [0, 0.1) is 0 Å². The molecule has 70 valence electrons. The Morgan fingerprint density at radius 2 is 2.46 bits per heavy atom. The van der Waals surface area contributed by atoms with Crippen LogP contribution in [0.5, 0.6) is 0 Å². The number of hydrogen-bond donors (Lipinski definition) is 1. The fourth-order valence-corrected chi connectivity index (χ4v) is 1.24. The highest BCUT2D eigenvalue weighted by atomic mass is 16.5. The van der Waals surface area contributed by atoms with Gasteiger partial charge in [-0.3, -0.25) is 4.79 Å². The lowest BCUT2D eigenvalue weighted by Crippen LogP contribution is -2.25. The van der Waals surface area contributed by atoms with Crippen LogP contribution in [0.1, 0.15) is 19.3 Å². The Hall–Kier alpha value is -1.25. The first-order valence-corrected chi connectivity index (χ1v) is 4.61. The molecule has 3 heteroatoms. The van der Waals surface area contributed by atoms with Gasteiger partial charge in [-0.25, -0.2) is 0 Å². The summed E-state index contributed by atoms with van der Waals surface area (Å²) in [5.41, 5.74) is 1.05. The van der Waals surface area contributed by atoms with Crippen LogP contribution in [0.15, 0.2) is 24.0 Å². The van der Waals surface area contributed by atoms with Crippen LogP contribution < -0.4 is 5.32 Å². The van der Waals surface area contributed by atoms with Gasteiger partial charge in [0, 0.05) is 6.04 Å². The Bertz CT molecular complexity index is 264. The van der Waals surface area contributed by atoms with Crippen LogP contribution in [0.25, 0.3) is 0 Å². The topological polar surface area (TPSA) is 38.3 Å². The van der Waals surface area contributed by atoms with Gasteiger partial charge in [0.15, 0.2) is 0 Å². The molecule has 1 heterocycles. The maximum absolute atomic E-state index is 11.3. The molecule has 2 rings (SSSR count). The normalized spacial score (nSPS) is 20.5. The molecule has 1 aliphatic heterocycles. The third-order valence-corrected chi connectivity index (χ3v) is 2.13. The van der Waals surface area contributed by atoms with Crippen LogP contribution in [0.3, 0.4) is 0 Å². The van der Waals surface area contributed by atoms with Crippen molar-refractivity contribution in [1.29, 1.82) is 0 Å². The molecule has 0 aromatic heterocycles. The second-order valence-electron chi connectivity index (χ2n) is 3.43. The summed E-state index contributed by atoms with van der Waals surface area (Å²) in [5.74, 6) is 0.125. The SMILES string of the molecule is O=C(CC1=CCOC=C1)NC1CC1. The minimum absolute atomic E-state index is 0.125. The number of nitrogens with one attached hydrogen (secondary N) is 1. The number of amides is 1. The first-order chi connectivity index (χ1) is 6.34. The van der Waals surface area contributed by atoms with Crippen molar-refractivity contribution in [2.45, 2.75) is 25.3 Å². The fraction of sp³-hybridized carbons (Fsp3) is 0.500. The molecular formula is C10H13NO2. The number of ether oxygens (including phenoxy) is 1. The van der Waals surface area contributed by atoms with Gasteiger partial charge in [-0.15, -0.1) is 0 Å². The maximum Gasteiger partial charge on any atom is 0.224 e. The van der Waals surface area contributed by atoms with E-state index in [0.29, 0.717) is 19.1 Å². The van der Waals surface area contributed by atoms with Gasteiger partial charge < -0.3 is 10.1 Å². The Kier molecular flexibility index (Phi) is 2.34. The largest absolute Gasteiger partial charge is 0.497 e. The predicted molar refractivity (Wildman–Crippen MR) is 49.0 cm³/mol. The molecule has 3 nitrogen and oxygen atoms in total. The van der Waals surface area contributed by atoms with E-state index in [2.05, 4.69) is 5.32 Å². The van der Waals surface area contributed by atoms with Crippen LogP contribution in [0.4, 0.5) is 0 Å². The molecule has 0 bridgehead atoms. The molecule has 1 saturated carbocycles. The second-order valence-corrected chi connectivity index (χ2v) is 3.43. The van der Waals surface area contributed by atoms with Crippen LogP contribution in [0.2, 0.25) is 0 Å². The second kappa shape index (κ2) is 3.64. The summed E-state index contributed by atoms with van der Waals surface area (Å²) < 4.78 is 4.99. The molecule has 0 spiro atoms. The third kappa shape index (κ3) is 2.61. The van der Waals surface area contributed by atoms with E-state index < -0.39 is 0 Å². The average molecular weight is 179 g/mol. The molecule has 0 saturated heterocycles. The summed E-state index contributed by atoms with van der Waals surface area (Å²) in [5, 5.41) is 2.95. The highest BCUT2D eigenvalue weighted by Crippen LogP contribution is 2.19. The Morgan fingerprint density at radius 1 is 1.62 bits per heavy atom. The van der Waals surface area contributed by atoms with Crippen LogP contribution in [-0.2, 0) is 9.53 Å². The van der Waals surface area contributed by atoms with E-state index in [-0.39, 0.29) is 5.91 Å². The van der Waals surface area contributed by atoms with E-state index >= 15 is 0 Å². The first kappa shape index (κ1) is 8.35. The number of carbonyl (C=O) groups is 1. The monoisotopic (exact) mass is 179 g/mol. The number of carbonyl (C=O) groups excluding carboxylic acids is 1. The van der Waals surface area contributed by atoms with Gasteiger partial charge in [-0.1, -0.05) is 0 Å². The lowest BCUT2D eigenvalue weighted by molar-refractivity contribution is -0.120. The zero-order valence-electron chi connectivity index (χ0n) is 7.45. The van der Waals surface area contributed by atoms with Crippen molar-refractivity contribution in [3.8, 4) is 0 Å². The molecule has 0 radical (unpaired) electrons. The molecule has 0 aromatic carbocycles. The Balaban J connectivity index is 1.78. The minimum atomic E-state index is 0.125. The van der Waals surface area contributed by atoms with Crippen LogP contribution in [-0.4, -0.2) is 18.6 Å². The van der Waals surface area contributed by atoms with E-state index in [4.69, 9.17) is 4.74 Å². The Labute approximate surface area is 77.5 Å². The molecule has 13 heavy (non-hydrogen) atoms. The molecule has 2 aliphatic rings. The quantitative estimate of drug-likeness (QED) is 0.705. The van der Waals surface area contributed by atoms with Gasteiger partial charge in [0.25, 0.3) is 0 Å². The van der Waals surface area contributed by atoms with E-state index in [1.165, 1.54) is 0 Å². The minimum Gasteiger partial charge on any atom is -0.497 e. The van der Waals surface area contributed by atoms with Gasteiger partial charge in [0.1, 0.15) is 6.61 Å². The molecule has 1 fully saturated rings. The first-order valence-electron chi connectivity index (χ1n) is 4.61. The number of rotatable bonds is 3. The lowest BCUT2D eigenvalue weighted by atomic mass is 10.1. The standard InChI is InChI=1S/C10H13NO2/c12-10(11-9-1-2-9)7-8-3-5-13-6-4-8/h3-5,9H,1-2,6-7H2,(H,11,12). The van der Waals surface area contributed by atoms with E-state index in [1.807, 2.05) is 12.2 Å². The third-order valence-electron chi connectivity index (χ3n) is 2.13. The van der Waals surface area contributed by atoms with Crippen molar-refractivity contribution >= 4 is 5.91 Å². The summed E-state index contributed by atoms with van der Waals surface area (Å²) >= 11 is 0. The van der Waals surface area contributed by atoms with E-state index in [1.54, 1.807) is 6.26 Å². The van der Waals surface area contributed by atoms with Gasteiger partial charge >= 0.3 is 0 Å². The maximum atomic E-state index is 11.3. The molecule has 0 atom stereocenters. The van der Waals surface area contributed by atoms with Crippen molar-refractivity contribution in [3.63, 3.8) is 0 Å². The fourth-order valence-electron chi connectivity index (χ4n) is 1.24.